The van der Waals surface area contributed by atoms with Crippen LogP contribution in [0.4, 0.5) is 5.69 Å². The van der Waals surface area contributed by atoms with Crippen LogP contribution in [0, 0.1) is 0 Å². The molecule has 0 heterocycles. The molecule has 5 nitrogen and oxygen atoms in total. The van der Waals surface area contributed by atoms with Crippen molar-refractivity contribution in [3.05, 3.63) is 24.3 Å². The van der Waals surface area contributed by atoms with Crippen molar-refractivity contribution in [2.75, 3.05) is 25.6 Å². The second-order valence-electron chi connectivity index (χ2n) is 3.87. The molecule has 0 aliphatic heterocycles. The molecule has 19 heavy (non-hydrogen) atoms. The number of carbonyl (C=O) groups excluding carboxylic acids is 1. The quantitative estimate of drug-likeness (QED) is 0.751. The van der Waals surface area contributed by atoms with Gasteiger partial charge in [0.2, 0.25) is 5.91 Å². The fourth-order valence-electron chi connectivity index (χ4n) is 1.33. The summed E-state index contributed by atoms with van der Waals surface area (Å²) in [5.41, 5.74) is 6.32. The second-order valence-corrected chi connectivity index (χ2v) is 3.87. The lowest BCUT2D eigenvalue weighted by Gasteiger charge is -2.11. The summed E-state index contributed by atoms with van der Waals surface area (Å²) in [6.45, 7) is 2.87. The molecule has 0 spiro atoms. The Labute approximate surface area is 119 Å². The summed E-state index contributed by atoms with van der Waals surface area (Å²) in [7, 11) is 1.62. The molecule has 6 heteroatoms. The summed E-state index contributed by atoms with van der Waals surface area (Å²) in [5, 5.41) is 2.75. The van der Waals surface area contributed by atoms with E-state index in [0.717, 1.165) is 0 Å². The summed E-state index contributed by atoms with van der Waals surface area (Å²) in [6, 6.07) is 6.71. The third-order valence-corrected chi connectivity index (χ3v) is 2.43. The Kier molecular flexibility index (Phi) is 8.95. The molecule has 0 fully saturated rings. The number of halogens is 1. The van der Waals surface area contributed by atoms with Gasteiger partial charge in [-0.2, -0.15) is 0 Å². The molecule has 0 aliphatic carbocycles. The van der Waals surface area contributed by atoms with Crippen LogP contribution < -0.4 is 15.8 Å². The Hall–Kier alpha value is -1.30. The molecule has 0 unspecified atom stereocenters. The van der Waals surface area contributed by atoms with Crippen molar-refractivity contribution < 1.29 is 14.3 Å². The first-order valence-corrected chi connectivity index (χ1v) is 5.95. The van der Waals surface area contributed by atoms with Crippen LogP contribution in [0.1, 0.15) is 13.3 Å². The van der Waals surface area contributed by atoms with Crippen LogP contribution in [0.25, 0.3) is 0 Å². The van der Waals surface area contributed by atoms with Crippen LogP contribution in [0.5, 0.6) is 5.75 Å². The summed E-state index contributed by atoms with van der Waals surface area (Å²) in [6.07, 6.45) is 0.607. The number of anilines is 1. The van der Waals surface area contributed by atoms with Crippen LogP contribution in [0.15, 0.2) is 24.3 Å². The first-order valence-electron chi connectivity index (χ1n) is 5.95. The number of amides is 1. The number of hydrogen-bond acceptors (Lipinski definition) is 4. The Balaban J connectivity index is 0.00000324. The zero-order chi connectivity index (χ0) is 13.4. The highest BCUT2D eigenvalue weighted by Gasteiger charge is 2.10. The highest BCUT2D eigenvalue weighted by Crippen LogP contribution is 2.17. The molecule has 1 aromatic rings. The van der Waals surface area contributed by atoms with Crippen LogP contribution >= 0.6 is 12.4 Å². The SMILES string of the molecule is CC[C@H](N)C(=O)Nc1cccc(OCCOC)c1.Cl. The molecule has 0 saturated heterocycles. The molecule has 1 aromatic carbocycles. The van der Waals surface area contributed by atoms with Crippen molar-refractivity contribution >= 4 is 24.0 Å². The predicted molar refractivity (Wildman–Crippen MR) is 78.0 cm³/mol. The normalized spacial score (nSPS) is 11.3. The molecule has 108 valence electrons. The maximum atomic E-state index is 11.6. The van der Waals surface area contributed by atoms with Crippen molar-refractivity contribution in [1.82, 2.24) is 0 Å². The number of nitrogens with one attached hydrogen (secondary N) is 1. The Morgan fingerprint density at radius 3 is 2.79 bits per heavy atom. The van der Waals surface area contributed by atoms with E-state index in [1.165, 1.54) is 0 Å². The summed E-state index contributed by atoms with van der Waals surface area (Å²) in [4.78, 5) is 11.6. The summed E-state index contributed by atoms with van der Waals surface area (Å²) < 4.78 is 10.3. The molecule has 1 atom stereocenters. The van der Waals surface area contributed by atoms with Gasteiger partial charge in [0.25, 0.3) is 0 Å². The molecule has 0 aromatic heterocycles. The van der Waals surface area contributed by atoms with Crippen LogP contribution in [0.3, 0.4) is 0 Å². The van der Waals surface area contributed by atoms with Gasteiger partial charge in [0, 0.05) is 18.9 Å². The smallest absolute Gasteiger partial charge is 0.241 e. The number of rotatable bonds is 7. The largest absolute Gasteiger partial charge is 0.491 e. The van der Waals surface area contributed by atoms with Crippen molar-refractivity contribution in [1.29, 1.82) is 0 Å². The number of nitrogens with two attached hydrogens (primary N) is 1. The predicted octanol–water partition coefficient (Wildman–Crippen LogP) is 1.81. The van der Waals surface area contributed by atoms with Gasteiger partial charge in [-0.05, 0) is 18.6 Å². The van der Waals surface area contributed by atoms with E-state index in [0.29, 0.717) is 31.1 Å². The van der Waals surface area contributed by atoms with Gasteiger partial charge in [-0.25, -0.2) is 0 Å². The average molecular weight is 289 g/mol. The number of carbonyl (C=O) groups is 1. The number of methoxy groups -OCH3 is 1. The van der Waals surface area contributed by atoms with E-state index in [4.69, 9.17) is 15.2 Å². The Bertz CT molecular complexity index is 388. The van der Waals surface area contributed by atoms with E-state index in [1.807, 2.05) is 19.1 Å². The topological polar surface area (TPSA) is 73.6 Å². The zero-order valence-electron chi connectivity index (χ0n) is 11.2. The fourth-order valence-corrected chi connectivity index (χ4v) is 1.33. The van der Waals surface area contributed by atoms with Crippen LogP contribution in [-0.4, -0.2) is 32.3 Å². The lowest BCUT2D eigenvalue weighted by molar-refractivity contribution is -0.117. The van der Waals surface area contributed by atoms with Gasteiger partial charge in [0.05, 0.1) is 12.6 Å². The number of hydrogen-bond donors (Lipinski definition) is 2. The molecule has 0 radical (unpaired) electrons. The Morgan fingerprint density at radius 1 is 1.42 bits per heavy atom. The molecular formula is C13H21ClN2O3. The highest BCUT2D eigenvalue weighted by atomic mass is 35.5. The lowest BCUT2D eigenvalue weighted by atomic mass is 10.2. The van der Waals surface area contributed by atoms with Crippen molar-refractivity contribution in [2.45, 2.75) is 19.4 Å². The van der Waals surface area contributed by atoms with Crippen molar-refractivity contribution in [3.8, 4) is 5.75 Å². The van der Waals surface area contributed by atoms with Gasteiger partial charge >= 0.3 is 0 Å². The van der Waals surface area contributed by atoms with E-state index in [2.05, 4.69) is 5.32 Å². The fraction of sp³-hybridized carbons (Fsp3) is 0.462. The molecule has 0 bridgehead atoms. The van der Waals surface area contributed by atoms with E-state index < -0.39 is 6.04 Å². The molecule has 1 amide bonds. The molecule has 0 saturated carbocycles. The minimum atomic E-state index is -0.483. The molecule has 3 N–H and O–H groups in total. The minimum absolute atomic E-state index is 0. The maximum Gasteiger partial charge on any atom is 0.241 e. The Morgan fingerprint density at radius 2 is 2.16 bits per heavy atom. The average Bonchev–Trinajstić information content (AvgIpc) is 2.38. The maximum absolute atomic E-state index is 11.6. The third kappa shape index (κ3) is 6.42. The van der Waals surface area contributed by atoms with E-state index in [1.54, 1.807) is 19.2 Å². The van der Waals surface area contributed by atoms with E-state index >= 15 is 0 Å². The lowest BCUT2D eigenvalue weighted by Crippen LogP contribution is -2.34. The van der Waals surface area contributed by atoms with Gasteiger partial charge in [0.15, 0.2) is 0 Å². The van der Waals surface area contributed by atoms with Gasteiger partial charge in [-0.15, -0.1) is 12.4 Å². The van der Waals surface area contributed by atoms with Gasteiger partial charge in [0.1, 0.15) is 12.4 Å². The number of ether oxygens (including phenoxy) is 2. The monoisotopic (exact) mass is 288 g/mol. The third-order valence-electron chi connectivity index (χ3n) is 2.43. The van der Waals surface area contributed by atoms with Crippen molar-refractivity contribution in [2.24, 2.45) is 5.73 Å². The standard InChI is InChI=1S/C13H20N2O3.ClH/c1-3-12(14)13(16)15-10-5-4-6-11(9-10)18-8-7-17-2;/h4-6,9,12H,3,7-8,14H2,1-2H3,(H,15,16);1H/t12-;/m0./s1. The van der Waals surface area contributed by atoms with Crippen LogP contribution in [0.2, 0.25) is 0 Å². The van der Waals surface area contributed by atoms with Crippen LogP contribution in [-0.2, 0) is 9.53 Å². The van der Waals surface area contributed by atoms with Crippen molar-refractivity contribution in [3.63, 3.8) is 0 Å². The highest BCUT2D eigenvalue weighted by molar-refractivity contribution is 5.94. The van der Waals surface area contributed by atoms with E-state index in [9.17, 15) is 4.79 Å². The molecule has 1 rings (SSSR count). The summed E-state index contributed by atoms with van der Waals surface area (Å²) in [5.74, 6) is 0.501. The zero-order valence-corrected chi connectivity index (χ0v) is 12.0. The minimum Gasteiger partial charge on any atom is -0.491 e. The number of benzene rings is 1. The van der Waals surface area contributed by atoms with Gasteiger partial charge in [-0.1, -0.05) is 13.0 Å². The molecule has 0 aliphatic rings. The van der Waals surface area contributed by atoms with Gasteiger partial charge < -0.3 is 20.5 Å². The van der Waals surface area contributed by atoms with Gasteiger partial charge in [-0.3, -0.25) is 4.79 Å². The van der Waals surface area contributed by atoms with E-state index in [-0.39, 0.29) is 18.3 Å². The molecular weight excluding hydrogens is 268 g/mol. The summed E-state index contributed by atoms with van der Waals surface area (Å²) >= 11 is 0. The first-order chi connectivity index (χ1) is 8.67. The second kappa shape index (κ2) is 9.61. The first kappa shape index (κ1) is 17.7.